The largest absolute Gasteiger partial charge is 0.392 e. The highest BCUT2D eigenvalue weighted by Gasteiger charge is 2.34. The Bertz CT molecular complexity index is 512. The van der Waals surface area contributed by atoms with E-state index in [0.29, 0.717) is 18.3 Å². The molecule has 2 unspecified atom stereocenters. The second-order valence-electron chi connectivity index (χ2n) is 7.87. The maximum absolute atomic E-state index is 12.7. The second kappa shape index (κ2) is 9.96. The molecule has 0 bridgehead atoms. The Hall–Kier alpha value is -1.35. The van der Waals surface area contributed by atoms with E-state index in [1.165, 1.54) is 18.4 Å². The summed E-state index contributed by atoms with van der Waals surface area (Å²) in [6, 6.07) is 10.6. The molecule has 1 saturated carbocycles. The number of carbonyl (C=O) groups excluding carboxylic acids is 1. The van der Waals surface area contributed by atoms with E-state index in [4.69, 9.17) is 0 Å². The summed E-state index contributed by atoms with van der Waals surface area (Å²) >= 11 is 0. The van der Waals surface area contributed by atoms with Crippen molar-refractivity contribution >= 4 is 5.91 Å². The first-order valence-corrected chi connectivity index (χ1v) is 10.1. The summed E-state index contributed by atoms with van der Waals surface area (Å²) in [4.78, 5) is 12.7. The van der Waals surface area contributed by atoms with Gasteiger partial charge in [-0.1, -0.05) is 63.4 Å². The molecule has 3 nitrogen and oxygen atoms in total. The van der Waals surface area contributed by atoms with Gasteiger partial charge in [-0.25, -0.2) is 0 Å². The van der Waals surface area contributed by atoms with E-state index < -0.39 is 6.10 Å². The molecule has 140 valence electrons. The van der Waals surface area contributed by atoms with Gasteiger partial charge in [0.15, 0.2) is 0 Å². The fourth-order valence-electron chi connectivity index (χ4n) is 3.45. The number of nitrogens with one attached hydrogen (secondary N) is 1. The Balaban J connectivity index is 1.96. The zero-order chi connectivity index (χ0) is 18.2. The molecule has 0 spiro atoms. The van der Waals surface area contributed by atoms with Gasteiger partial charge in [-0.05, 0) is 50.0 Å². The number of aliphatic hydroxyl groups excluding tert-OH is 1. The molecule has 0 heterocycles. The molecular formula is C22H35NO2. The lowest BCUT2D eigenvalue weighted by Gasteiger charge is -2.27. The molecule has 1 aromatic rings. The van der Waals surface area contributed by atoms with Crippen LogP contribution in [0.2, 0.25) is 0 Å². The quantitative estimate of drug-likeness (QED) is 0.627. The third-order valence-electron chi connectivity index (χ3n) is 5.61. The minimum Gasteiger partial charge on any atom is -0.392 e. The van der Waals surface area contributed by atoms with E-state index in [0.717, 1.165) is 25.7 Å². The van der Waals surface area contributed by atoms with Gasteiger partial charge in [0.2, 0.25) is 5.91 Å². The van der Waals surface area contributed by atoms with Crippen LogP contribution in [0, 0.1) is 17.8 Å². The Labute approximate surface area is 153 Å². The Morgan fingerprint density at radius 3 is 2.44 bits per heavy atom. The number of hydrogen-bond donors (Lipinski definition) is 2. The molecule has 1 amide bonds. The number of rotatable bonds is 11. The van der Waals surface area contributed by atoms with E-state index in [1.54, 1.807) is 0 Å². The summed E-state index contributed by atoms with van der Waals surface area (Å²) in [6.45, 7) is 6.28. The van der Waals surface area contributed by atoms with Gasteiger partial charge in [0.25, 0.3) is 0 Å². The summed E-state index contributed by atoms with van der Waals surface area (Å²) in [5, 5.41) is 13.9. The molecule has 1 fully saturated rings. The number of hydrogen-bond acceptors (Lipinski definition) is 2. The fourth-order valence-corrected chi connectivity index (χ4v) is 3.45. The van der Waals surface area contributed by atoms with Crippen LogP contribution in [0.5, 0.6) is 0 Å². The number of aliphatic hydroxyl groups is 1. The van der Waals surface area contributed by atoms with Crippen molar-refractivity contribution in [1.82, 2.24) is 5.32 Å². The normalized spacial score (nSPS) is 19.0. The zero-order valence-electron chi connectivity index (χ0n) is 16.1. The summed E-state index contributed by atoms with van der Waals surface area (Å²) in [6.07, 6.45) is 6.33. The molecule has 25 heavy (non-hydrogen) atoms. The van der Waals surface area contributed by atoms with Gasteiger partial charge in [-0.15, -0.1) is 0 Å². The van der Waals surface area contributed by atoms with Crippen molar-refractivity contribution in [2.45, 2.75) is 77.9 Å². The first kappa shape index (κ1) is 20.0. The summed E-state index contributed by atoms with van der Waals surface area (Å²) < 4.78 is 0. The fraction of sp³-hybridized carbons (Fsp3) is 0.682. The van der Waals surface area contributed by atoms with Crippen LogP contribution in [0.4, 0.5) is 0 Å². The third kappa shape index (κ3) is 6.81. The lowest BCUT2D eigenvalue weighted by atomic mass is 9.84. The summed E-state index contributed by atoms with van der Waals surface area (Å²) in [7, 11) is 0. The van der Waals surface area contributed by atoms with Crippen molar-refractivity contribution in [3.8, 4) is 0 Å². The molecule has 0 aromatic heterocycles. The molecule has 1 aromatic carbocycles. The molecule has 0 saturated heterocycles. The van der Waals surface area contributed by atoms with Crippen molar-refractivity contribution in [3.05, 3.63) is 35.9 Å². The Kier molecular flexibility index (Phi) is 7.95. The van der Waals surface area contributed by atoms with Gasteiger partial charge in [0.1, 0.15) is 0 Å². The van der Waals surface area contributed by atoms with E-state index in [2.05, 4.69) is 43.4 Å². The van der Waals surface area contributed by atoms with Gasteiger partial charge in [-0.2, -0.15) is 0 Å². The van der Waals surface area contributed by atoms with Gasteiger partial charge in [-0.3, -0.25) is 4.79 Å². The number of amides is 1. The molecule has 0 aliphatic heterocycles. The van der Waals surface area contributed by atoms with Crippen molar-refractivity contribution in [3.63, 3.8) is 0 Å². The number of carbonyl (C=O) groups is 1. The SMILES string of the molecule is CCC(Cc1ccccc1)C[C@H](O)[C@@H](CC1CC1)C(=O)NC(C)CC. The van der Waals surface area contributed by atoms with Crippen LogP contribution in [-0.4, -0.2) is 23.2 Å². The van der Waals surface area contributed by atoms with Gasteiger partial charge in [0.05, 0.1) is 12.0 Å². The molecular weight excluding hydrogens is 310 g/mol. The average Bonchev–Trinajstić information content (AvgIpc) is 3.43. The molecule has 1 aliphatic rings. The predicted octanol–water partition coefficient (Wildman–Crippen LogP) is 4.34. The van der Waals surface area contributed by atoms with Gasteiger partial charge >= 0.3 is 0 Å². The second-order valence-corrected chi connectivity index (χ2v) is 7.87. The van der Waals surface area contributed by atoms with E-state index in [9.17, 15) is 9.90 Å². The van der Waals surface area contributed by atoms with Crippen molar-refractivity contribution < 1.29 is 9.90 Å². The van der Waals surface area contributed by atoms with E-state index in [1.807, 2.05) is 13.0 Å². The Morgan fingerprint density at radius 2 is 1.88 bits per heavy atom. The van der Waals surface area contributed by atoms with Crippen molar-refractivity contribution in [1.29, 1.82) is 0 Å². The van der Waals surface area contributed by atoms with Crippen LogP contribution in [0.1, 0.15) is 64.9 Å². The standard InChI is InChI=1S/C22H35NO2/c1-4-16(3)23-22(25)20(14-19-11-12-19)21(24)15-17(5-2)13-18-9-7-6-8-10-18/h6-10,16-17,19-21,24H,4-5,11-15H2,1-3H3,(H,23,25)/t16?,17?,20-,21+/m1/s1. The van der Waals surface area contributed by atoms with E-state index in [-0.39, 0.29) is 17.9 Å². The first-order valence-electron chi connectivity index (χ1n) is 10.1. The van der Waals surface area contributed by atoms with E-state index >= 15 is 0 Å². The highest BCUT2D eigenvalue weighted by molar-refractivity contribution is 5.79. The minimum atomic E-state index is -0.543. The van der Waals surface area contributed by atoms with Crippen LogP contribution in [0.3, 0.4) is 0 Å². The monoisotopic (exact) mass is 345 g/mol. The van der Waals surface area contributed by atoms with Crippen LogP contribution >= 0.6 is 0 Å². The maximum atomic E-state index is 12.7. The predicted molar refractivity (Wildman–Crippen MR) is 103 cm³/mol. The topological polar surface area (TPSA) is 49.3 Å². The minimum absolute atomic E-state index is 0.0447. The molecule has 1 aliphatic carbocycles. The Morgan fingerprint density at radius 1 is 1.20 bits per heavy atom. The third-order valence-corrected chi connectivity index (χ3v) is 5.61. The summed E-state index contributed by atoms with van der Waals surface area (Å²) in [5.74, 6) is 0.835. The lowest BCUT2D eigenvalue weighted by Crippen LogP contribution is -2.42. The molecule has 4 atom stereocenters. The van der Waals surface area contributed by atoms with Crippen LogP contribution in [-0.2, 0) is 11.2 Å². The van der Waals surface area contributed by atoms with Gasteiger partial charge in [0, 0.05) is 6.04 Å². The van der Waals surface area contributed by atoms with Crippen LogP contribution in [0.25, 0.3) is 0 Å². The smallest absolute Gasteiger partial charge is 0.225 e. The zero-order valence-corrected chi connectivity index (χ0v) is 16.1. The maximum Gasteiger partial charge on any atom is 0.225 e. The highest BCUT2D eigenvalue weighted by Crippen LogP contribution is 2.37. The lowest BCUT2D eigenvalue weighted by molar-refractivity contribution is -0.130. The number of benzene rings is 1. The van der Waals surface area contributed by atoms with Crippen molar-refractivity contribution in [2.75, 3.05) is 0 Å². The molecule has 0 radical (unpaired) electrons. The van der Waals surface area contributed by atoms with Crippen molar-refractivity contribution in [2.24, 2.45) is 17.8 Å². The van der Waals surface area contributed by atoms with Crippen LogP contribution in [0.15, 0.2) is 30.3 Å². The summed E-state index contributed by atoms with van der Waals surface area (Å²) in [5.41, 5.74) is 1.31. The van der Waals surface area contributed by atoms with Gasteiger partial charge < -0.3 is 10.4 Å². The first-order chi connectivity index (χ1) is 12.0. The molecule has 3 heteroatoms. The highest BCUT2D eigenvalue weighted by atomic mass is 16.3. The van der Waals surface area contributed by atoms with Crippen LogP contribution < -0.4 is 5.32 Å². The average molecular weight is 346 g/mol. The molecule has 2 rings (SSSR count). The molecule has 2 N–H and O–H groups in total.